The van der Waals surface area contributed by atoms with Crippen LogP contribution in [0.2, 0.25) is 10.0 Å². The Bertz CT molecular complexity index is 1270. The lowest BCUT2D eigenvalue weighted by atomic mass is 10.0. The summed E-state index contributed by atoms with van der Waals surface area (Å²) in [5.74, 6) is 0.0407. The monoisotopic (exact) mass is 449 g/mol. The maximum absolute atomic E-state index is 12.9. The molecule has 0 aliphatic carbocycles. The number of ether oxygens (including phenoxy) is 1. The first-order valence-corrected chi connectivity index (χ1v) is 10.1. The number of pyridine rings is 1. The zero-order valence-corrected chi connectivity index (χ0v) is 18.0. The van der Waals surface area contributed by atoms with Gasteiger partial charge in [-0.05, 0) is 29.8 Å². The summed E-state index contributed by atoms with van der Waals surface area (Å²) < 4.78 is 5.14. The molecule has 154 valence electrons. The molecule has 0 atom stereocenters. The Morgan fingerprint density at radius 1 is 1.00 bits per heavy atom. The van der Waals surface area contributed by atoms with Gasteiger partial charge in [-0.15, -0.1) is 0 Å². The zero-order valence-electron chi connectivity index (χ0n) is 16.5. The van der Waals surface area contributed by atoms with Gasteiger partial charge in [-0.1, -0.05) is 71.7 Å². The van der Waals surface area contributed by atoms with Crippen LogP contribution in [-0.2, 0) is 0 Å². The summed E-state index contributed by atoms with van der Waals surface area (Å²) in [6, 6.07) is 22.3. The molecule has 1 N–H and O–H groups in total. The summed E-state index contributed by atoms with van der Waals surface area (Å²) in [6.07, 6.45) is 1.47. The number of nitrogens with zero attached hydrogens (tertiary/aromatic N) is 2. The minimum Gasteiger partial charge on any atom is -0.494 e. The summed E-state index contributed by atoms with van der Waals surface area (Å²) in [4.78, 5) is 17.6. The van der Waals surface area contributed by atoms with E-state index in [1.807, 2.05) is 54.6 Å². The molecule has 0 aliphatic heterocycles. The van der Waals surface area contributed by atoms with Crippen LogP contribution in [0.3, 0.4) is 0 Å². The van der Waals surface area contributed by atoms with E-state index in [0.717, 1.165) is 16.5 Å². The Kier molecular flexibility index (Phi) is 6.16. The molecule has 1 heterocycles. The molecule has 4 rings (SSSR count). The van der Waals surface area contributed by atoms with Gasteiger partial charge >= 0.3 is 0 Å². The Morgan fingerprint density at radius 2 is 1.68 bits per heavy atom. The molecule has 0 saturated carbocycles. The third-order valence-electron chi connectivity index (χ3n) is 4.63. The van der Waals surface area contributed by atoms with E-state index in [1.54, 1.807) is 18.2 Å². The first kappa shape index (κ1) is 20.8. The maximum atomic E-state index is 12.9. The second-order valence-corrected chi connectivity index (χ2v) is 7.47. The number of benzene rings is 3. The number of hydrazone groups is 1. The Morgan fingerprint density at radius 3 is 2.39 bits per heavy atom. The van der Waals surface area contributed by atoms with Gasteiger partial charge in [-0.2, -0.15) is 5.10 Å². The fourth-order valence-corrected chi connectivity index (χ4v) is 3.85. The second-order valence-electron chi connectivity index (χ2n) is 6.66. The number of carbonyl (C=O) groups is 1. The maximum Gasteiger partial charge on any atom is 0.272 e. The number of hydrogen-bond donors (Lipinski definition) is 1. The number of nitrogens with one attached hydrogen (secondary N) is 1. The van der Waals surface area contributed by atoms with Crippen molar-refractivity contribution in [3.63, 3.8) is 0 Å². The fourth-order valence-electron chi connectivity index (χ4n) is 3.19. The smallest absolute Gasteiger partial charge is 0.272 e. The highest BCUT2D eigenvalue weighted by Gasteiger charge is 2.13. The van der Waals surface area contributed by atoms with Crippen molar-refractivity contribution >= 4 is 46.2 Å². The number of para-hydroxylation sites is 1. The molecule has 4 aromatic rings. The number of methoxy groups -OCH3 is 1. The van der Waals surface area contributed by atoms with Gasteiger partial charge in [0, 0.05) is 10.9 Å². The lowest BCUT2D eigenvalue weighted by molar-refractivity contribution is 0.0956. The summed E-state index contributed by atoms with van der Waals surface area (Å²) in [6.45, 7) is 0. The third-order valence-corrected chi connectivity index (χ3v) is 5.20. The molecule has 0 radical (unpaired) electrons. The summed E-state index contributed by atoms with van der Waals surface area (Å²) in [5, 5.41) is 5.52. The predicted octanol–water partition coefficient (Wildman–Crippen LogP) is 5.98. The van der Waals surface area contributed by atoms with Crippen LogP contribution in [0, 0.1) is 0 Å². The van der Waals surface area contributed by atoms with Crippen LogP contribution in [0.4, 0.5) is 0 Å². The molecule has 0 aliphatic rings. The van der Waals surface area contributed by atoms with Crippen molar-refractivity contribution in [2.45, 2.75) is 0 Å². The van der Waals surface area contributed by atoms with E-state index in [9.17, 15) is 4.79 Å². The average molecular weight is 450 g/mol. The van der Waals surface area contributed by atoms with Gasteiger partial charge in [0.05, 0.1) is 40.1 Å². The summed E-state index contributed by atoms with van der Waals surface area (Å²) >= 11 is 12.3. The number of rotatable bonds is 5. The van der Waals surface area contributed by atoms with Crippen molar-refractivity contribution in [1.29, 1.82) is 0 Å². The van der Waals surface area contributed by atoms with Crippen LogP contribution in [0.15, 0.2) is 77.9 Å². The van der Waals surface area contributed by atoms with Crippen molar-refractivity contribution in [2.24, 2.45) is 5.10 Å². The number of amides is 1. The molecule has 0 saturated heterocycles. The van der Waals surface area contributed by atoms with E-state index in [2.05, 4.69) is 10.5 Å². The van der Waals surface area contributed by atoms with Crippen LogP contribution in [0.25, 0.3) is 22.2 Å². The van der Waals surface area contributed by atoms with Gasteiger partial charge in [0.2, 0.25) is 0 Å². The van der Waals surface area contributed by atoms with Crippen LogP contribution in [0.1, 0.15) is 15.9 Å². The molecule has 7 heteroatoms. The molecule has 0 spiro atoms. The highest BCUT2D eigenvalue weighted by Crippen LogP contribution is 2.33. The molecule has 0 fully saturated rings. The van der Waals surface area contributed by atoms with Crippen LogP contribution < -0.4 is 10.2 Å². The number of halogens is 2. The lowest BCUT2D eigenvalue weighted by Crippen LogP contribution is -2.18. The molecule has 1 amide bonds. The van der Waals surface area contributed by atoms with E-state index >= 15 is 0 Å². The number of carbonyl (C=O) groups excluding carboxylic acids is 1. The molecular weight excluding hydrogens is 433 g/mol. The van der Waals surface area contributed by atoms with E-state index in [4.69, 9.17) is 32.9 Å². The van der Waals surface area contributed by atoms with Crippen molar-refractivity contribution in [3.05, 3.63) is 94.0 Å². The second kappa shape index (κ2) is 9.16. The van der Waals surface area contributed by atoms with Gasteiger partial charge in [0.25, 0.3) is 5.91 Å². The van der Waals surface area contributed by atoms with Crippen LogP contribution in [-0.4, -0.2) is 24.2 Å². The minimum absolute atomic E-state index is 0.349. The lowest BCUT2D eigenvalue weighted by Gasteiger charge is -2.09. The molecule has 31 heavy (non-hydrogen) atoms. The average Bonchev–Trinajstić information content (AvgIpc) is 2.78. The van der Waals surface area contributed by atoms with Crippen molar-refractivity contribution in [2.75, 3.05) is 7.11 Å². The van der Waals surface area contributed by atoms with Gasteiger partial charge in [0.1, 0.15) is 0 Å². The molecular formula is C24H17Cl2N3O2. The number of fused-ring (bicyclic) bond motifs is 1. The largest absolute Gasteiger partial charge is 0.494 e. The predicted molar refractivity (Wildman–Crippen MR) is 125 cm³/mol. The van der Waals surface area contributed by atoms with Crippen molar-refractivity contribution < 1.29 is 9.53 Å². The van der Waals surface area contributed by atoms with E-state index < -0.39 is 0 Å². The van der Waals surface area contributed by atoms with Gasteiger partial charge in [-0.3, -0.25) is 4.79 Å². The molecule has 5 nitrogen and oxygen atoms in total. The van der Waals surface area contributed by atoms with E-state index in [0.29, 0.717) is 32.6 Å². The number of hydrogen-bond acceptors (Lipinski definition) is 4. The van der Waals surface area contributed by atoms with Gasteiger partial charge in [0.15, 0.2) is 5.75 Å². The first-order chi connectivity index (χ1) is 15.1. The summed E-state index contributed by atoms with van der Waals surface area (Å²) in [7, 11) is 1.49. The van der Waals surface area contributed by atoms with Gasteiger partial charge in [-0.25, -0.2) is 10.4 Å². The molecule has 3 aromatic carbocycles. The highest BCUT2D eigenvalue weighted by molar-refractivity contribution is 6.37. The van der Waals surface area contributed by atoms with Crippen LogP contribution in [0.5, 0.6) is 5.75 Å². The van der Waals surface area contributed by atoms with Crippen molar-refractivity contribution in [3.8, 4) is 17.0 Å². The standard InChI is InChI=1S/C24H17Cl2N3O2/c1-31-23-19(25)11-15(12-20(23)26)14-27-29-24(30)18-13-22(16-7-3-2-4-8-16)28-21-10-6-5-9-17(18)21/h2-14H,1H3,(H,29,30)/b27-14+. The topological polar surface area (TPSA) is 63.6 Å². The molecule has 1 aromatic heterocycles. The SMILES string of the molecule is COc1c(Cl)cc(/C=N/NC(=O)c2cc(-c3ccccc3)nc3ccccc23)cc1Cl. The van der Waals surface area contributed by atoms with E-state index in [1.165, 1.54) is 13.3 Å². The van der Waals surface area contributed by atoms with Crippen LogP contribution >= 0.6 is 23.2 Å². The highest BCUT2D eigenvalue weighted by atomic mass is 35.5. The first-order valence-electron chi connectivity index (χ1n) is 9.38. The normalized spacial score (nSPS) is 11.1. The Balaban J connectivity index is 1.64. The Hall–Kier alpha value is -3.41. The minimum atomic E-state index is -0.349. The van der Waals surface area contributed by atoms with Gasteiger partial charge < -0.3 is 4.74 Å². The molecule has 0 bridgehead atoms. The summed E-state index contributed by atoms with van der Waals surface area (Å²) in [5.41, 5.74) is 6.04. The zero-order chi connectivity index (χ0) is 21.8. The fraction of sp³-hybridized carbons (Fsp3) is 0.0417. The molecule has 0 unspecified atom stereocenters. The quantitative estimate of drug-likeness (QED) is 0.301. The van der Waals surface area contributed by atoms with Crippen molar-refractivity contribution in [1.82, 2.24) is 10.4 Å². The Labute approximate surface area is 189 Å². The number of aromatic nitrogens is 1. The third kappa shape index (κ3) is 4.53. The van der Waals surface area contributed by atoms with E-state index in [-0.39, 0.29) is 5.91 Å².